The quantitative estimate of drug-likeness (QED) is 0.204. The monoisotopic (exact) mass is 704 g/mol. The standard InChI is InChI=1S/C18H14ClFN2.C12H12N2.C6H3BrClF/c19-14-7-15(20)9-17(8-14)22-11-13-10-18(13,12-22)5-4-16-3-1-2-6-21-16;1-2-6-14-11(3-1)4-5-12-7-10(12)8-13-9-12;7-4-1-5(8)3-6(9)2-4/h1-3,6-9,13H,10-12H2;1-3,6,10,13H,7-9H2;1-3H. The van der Waals surface area contributed by atoms with Gasteiger partial charge in [-0.25, -0.2) is 18.7 Å². The highest BCUT2D eigenvalue weighted by Crippen LogP contribution is 2.58. The molecule has 0 spiro atoms. The molecule has 4 unspecified atom stereocenters. The normalized spacial score (nSPS) is 24.6. The maximum Gasteiger partial charge on any atom is 0.126 e. The minimum absolute atomic E-state index is 0.0380. The van der Waals surface area contributed by atoms with Gasteiger partial charge in [-0.2, -0.15) is 0 Å². The van der Waals surface area contributed by atoms with E-state index in [1.807, 2.05) is 42.5 Å². The van der Waals surface area contributed by atoms with Crippen LogP contribution in [0.2, 0.25) is 10.0 Å². The van der Waals surface area contributed by atoms with Gasteiger partial charge in [-0.1, -0.05) is 63.1 Å². The number of piperidine rings is 2. The minimum Gasteiger partial charge on any atom is -0.370 e. The molecule has 2 saturated heterocycles. The summed E-state index contributed by atoms with van der Waals surface area (Å²) in [5.74, 6) is 13.9. The summed E-state index contributed by atoms with van der Waals surface area (Å²) in [7, 11) is 0. The summed E-state index contributed by atoms with van der Waals surface area (Å²) in [5.41, 5.74) is 2.87. The number of halogens is 5. The molecular formula is C36H29BrCl2F2N4. The number of pyridine rings is 2. The molecule has 1 N–H and O–H groups in total. The van der Waals surface area contributed by atoms with Gasteiger partial charge in [-0.15, -0.1) is 0 Å². The molecule has 0 radical (unpaired) electrons. The van der Waals surface area contributed by atoms with Gasteiger partial charge in [-0.05, 0) is 104 Å². The Kier molecular flexibility index (Phi) is 9.45. The molecule has 45 heavy (non-hydrogen) atoms. The van der Waals surface area contributed by atoms with Crippen molar-refractivity contribution < 1.29 is 8.78 Å². The molecule has 4 fully saturated rings. The van der Waals surface area contributed by atoms with Gasteiger partial charge in [0.05, 0.1) is 5.41 Å². The fraction of sp³-hybridized carbons (Fsp3) is 0.278. The summed E-state index contributed by atoms with van der Waals surface area (Å²) in [6.45, 7) is 3.96. The molecular weight excluding hydrogens is 677 g/mol. The number of aromatic nitrogens is 2. The molecule has 2 aliphatic carbocycles. The van der Waals surface area contributed by atoms with E-state index in [0.717, 1.165) is 55.6 Å². The highest BCUT2D eigenvalue weighted by atomic mass is 79.9. The van der Waals surface area contributed by atoms with Crippen LogP contribution in [0.15, 0.2) is 89.7 Å². The number of hydrogen-bond acceptors (Lipinski definition) is 4. The summed E-state index contributed by atoms with van der Waals surface area (Å²) < 4.78 is 26.5. The van der Waals surface area contributed by atoms with Crippen molar-refractivity contribution in [2.24, 2.45) is 22.7 Å². The summed E-state index contributed by atoms with van der Waals surface area (Å²) in [6, 6.07) is 20.5. The van der Waals surface area contributed by atoms with E-state index in [1.54, 1.807) is 18.5 Å². The Balaban J connectivity index is 0.000000132. The average Bonchev–Trinajstić information content (AvgIpc) is 3.79. The Morgan fingerprint density at radius 1 is 0.800 bits per heavy atom. The van der Waals surface area contributed by atoms with Gasteiger partial charge >= 0.3 is 0 Å². The first-order chi connectivity index (χ1) is 21.7. The Bertz CT molecular complexity index is 1730. The number of nitrogens with zero attached hydrogens (tertiary/aromatic N) is 3. The van der Waals surface area contributed by atoms with Gasteiger partial charge in [0.1, 0.15) is 23.0 Å². The lowest BCUT2D eigenvalue weighted by atomic mass is 10.1. The molecule has 4 aliphatic rings. The van der Waals surface area contributed by atoms with Crippen LogP contribution in [0.1, 0.15) is 24.2 Å². The van der Waals surface area contributed by atoms with Crippen LogP contribution in [0.25, 0.3) is 0 Å². The first-order valence-electron chi connectivity index (χ1n) is 14.6. The summed E-state index contributed by atoms with van der Waals surface area (Å²) in [4.78, 5) is 10.6. The third-order valence-electron chi connectivity index (χ3n) is 8.46. The second-order valence-corrected chi connectivity index (χ2v) is 13.6. The van der Waals surface area contributed by atoms with Crippen molar-refractivity contribution in [1.82, 2.24) is 15.3 Å². The smallest absolute Gasteiger partial charge is 0.126 e. The van der Waals surface area contributed by atoms with Crippen molar-refractivity contribution in [2.75, 3.05) is 31.1 Å². The Morgan fingerprint density at radius 2 is 1.42 bits per heavy atom. The zero-order valence-electron chi connectivity index (χ0n) is 24.2. The Hall–Kier alpha value is -3.46. The molecule has 0 bridgehead atoms. The van der Waals surface area contributed by atoms with Crippen molar-refractivity contribution >= 4 is 44.8 Å². The van der Waals surface area contributed by atoms with E-state index in [2.05, 4.69) is 59.8 Å². The second-order valence-electron chi connectivity index (χ2n) is 11.8. The van der Waals surface area contributed by atoms with Gasteiger partial charge in [-0.3, -0.25) is 0 Å². The molecule has 2 aliphatic heterocycles. The van der Waals surface area contributed by atoms with Crippen LogP contribution in [0, 0.1) is 58.0 Å². The predicted octanol–water partition coefficient (Wildman–Crippen LogP) is 8.04. The summed E-state index contributed by atoms with van der Waals surface area (Å²) >= 11 is 14.5. The molecule has 4 heterocycles. The SMILES string of the molecule is C(#CC12CNCC1C2)c1ccccn1.Fc1cc(Cl)cc(Br)c1.Fc1cc(Cl)cc(N2CC3CC3(C#Cc3ccccn3)C2)c1. The molecule has 0 amide bonds. The molecule has 2 aromatic carbocycles. The molecule has 4 aromatic rings. The third kappa shape index (κ3) is 8.04. The molecule has 228 valence electrons. The van der Waals surface area contributed by atoms with Crippen LogP contribution in [-0.4, -0.2) is 36.1 Å². The predicted molar refractivity (Wildman–Crippen MR) is 179 cm³/mol. The van der Waals surface area contributed by atoms with Crippen LogP contribution < -0.4 is 10.2 Å². The minimum atomic E-state index is -0.325. The summed E-state index contributed by atoms with van der Waals surface area (Å²) in [5, 5.41) is 4.21. The van der Waals surface area contributed by atoms with Gasteiger partial charge in [0, 0.05) is 57.6 Å². The lowest BCUT2D eigenvalue weighted by Gasteiger charge is -2.21. The Labute approximate surface area is 280 Å². The number of benzene rings is 2. The largest absolute Gasteiger partial charge is 0.370 e. The fourth-order valence-corrected chi connectivity index (χ4v) is 6.93. The van der Waals surface area contributed by atoms with Crippen LogP contribution >= 0.6 is 39.1 Å². The average molecular weight is 706 g/mol. The topological polar surface area (TPSA) is 41.1 Å². The van der Waals surface area contributed by atoms with Crippen LogP contribution in [0.4, 0.5) is 14.5 Å². The number of fused-ring (bicyclic) bond motifs is 2. The lowest BCUT2D eigenvalue weighted by Crippen LogP contribution is -2.24. The zero-order chi connectivity index (χ0) is 31.4. The highest BCUT2D eigenvalue weighted by Gasteiger charge is 2.59. The van der Waals surface area contributed by atoms with Crippen LogP contribution in [0.3, 0.4) is 0 Å². The van der Waals surface area contributed by atoms with E-state index in [-0.39, 0.29) is 17.0 Å². The Morgan fingerprint density at radius 3 is 1.96 bits per heavy atom. The van der Waals surface area contributed by atoms with E-state index >= 15 is 0 Å². The number of anilines is 1. The fourth-order valence-electron chi connectivity index (χ4n) is 5.90. The molecule has 8 rings (SSSR count). The van der Waals surface area contributed by atoms with Crippen molar-refractivity contribution in [2.45, 2.75) is 12.8 Å². The third-order valence-corrected chi connectivity index (χ3v) is 9.35. The zero-order valence-corrected chi connectivity index (χ0v) is 27.3. The number of hydrogen-bond donors (Lipinski definition) is 1. The van der Waals surface area contributed by atoms with Crippen molar-refractivity contribution in [3.05, 3.63) is 123 Å². The van der Waals surface area contributed by atoms with E-state index in [9.17, 15) is 8.78 Å². The van der Waals surface area contributed by atoms with E-state index in [4.69, 9.17) is 23.2 Å². The van der Waals surface area contributed by atoms with Crippen molar-refractivity contribution in [1.29, 1.82) is 0 Å². The molecule has 2 saturated carbocycles. The van der Waals surface area contributed by atoms with Gasteiger partial charge in [0.15, 0.2) is 0 Å². The second kappa shape index (κ2) is 13.5. The summed E-state index contributed by atoms with van der Waals surface area (Å²) in [6.07, 6.45) is 5.94. The maximum absolute atomic E-state index is 13.5. The molecule has 4 nitrogen and oxygen atoms in total. The van der Waals surface area contributed by atoms with E-state index in [0.29, 0.717) is 25.9 Å². The van der Waals surface area contributed by atoms with E-state index in [1.165, 1.54) is 30.7 Å². The first kappa shape index (κ1) is 31.5. The first-order valence-corrected chi connectivity index (χ1v) is 16.2. The molecule has 4 atom stereocenters. The number of nitrogens with one attached hydrogen (secondary N) is 1. The highest BCUT2D eigenvalue weighted by molar-refractivity contribution is 9.10. The van der Waals surface area contributed by atoms with Crippen LogP contribution in [-0.2, 0) is 0 Å². The lowest BCUT2D eigenvalue weighted by molar-refractivity contribution is 0.626. The van der Waals surface area contributed by atoms with Crippen molar-refractivity contribution in [3.8, 4) is 23.7 Å². The van der Waals surface area contributed by atoms with Gasteiger partial charge in [0.2, 0.25) is 0 Å². The molecule has 2 aromatic heterocycles. The van der Waals surface area contributed by atoms with E-state index < -0.39 is 0 Å². The van der Waals surface area contributed by atoms with Crippen LogP contribution in [0.5, 0.6) is 0 Å². The van der Waals surface area contributed by atoms with Crippen molar-refractivity contribution in [3.63, 3.8) is 0 Å². The maximum atomic E-state index is 13.5. The molecule has 9 heteroatoms. The number of rotatable bonds is 1. The van der Waals surface area contributed by atoms with Gasteiger partial charge < -0.3 is 10.2 Å². The van der Waals surface area contributed by atoms with Gasteiger partial charge in [0.25, 0.3) is 0 Å².